The third kappa shape index (κ3) is 2.13. The van der Waals surface area contributed by atoms with Gasteiger partial charge < -0.3 is 24.8 Å². The summed E-state index contributed by atoms with van der Waals surface area (Å²) in [5.74, 6) is -2.11. The first-order valence-corrected chi connectivity index (χ1v) is 11.0. The van der Waals surface area contributed by atoms with Gasteiger partial charge in [0.2, 0.25) is 0 Å². The van der Waals surface area contributed by atoms with Gasteiger partial charge in [-0.2, -0.15) is 0 Å². The van der Waals surface area contributed by atoms with Crippen molar-refractivity contribution in [2.24, 2.45) is 39.9 Å². The SMILES string of the molecule is CC(=O)O[C@H]1C[C@@H]2[C@@H](O)[C@]3(C(=O)[C@@H]2C)[C@H](O)C[C@@H]2[C@@]4(C)CCC[C@@]2([C@@H](O)OC4)[C@H]13. The van der Waals surface area contributed by atoms with Crippen LogP contribution >= 0.6 is 0 Å². The largest absolute Gasteiger partial charge is 0.462 e. The van der Waals surface area contributed by atoms with Crippen LogP contribution in [0.15, 0.2) is 0 Å². The molecule has 1 aliphatic heterocycles. The van der Waals surface area contributed by atoms with Gasteiger partial charge in [-0.15, -0.1) is 0 Å². The molecule has 0 radical (unpaired) electrons. The fourth-order valence-electron chi connectivity index (χ4n) is 8.57. The lowest BCUT2D eigenvalue weighted by Crippen LogP contribution is -2.75. The van der Waals surface area contributed by atoms with Crippen LogP contribution in [0.1, 0.15) is 52.9 Å². The number of ether oxygens (including phenoxy) is 2. The Bertz CT molecular complexity index is 753. The highest BCUT2D eigenvalue weighted by Gasteiger charge is 2.80. The molecule has 5 fully saturated rings. The number of hydrogen-bond acceptors (Lipinski definition) is 7. The Morgan fingerprint density at radius 1 is 1.21 bits per heavy atom. The highest BCUT2D eigenvalue weighted by Crippen LogP contribution is 2.73. The maximum absolute atomic E-state index is 13.6. The Morgan fingerprint density at radius 2 is 1.93 bits per heavy atom. The Hall–Kier alpha value is -1.02. The van der Waals surface area contributed by atoms with E-state index in [4.69, 9.17) is 9.47 Å². The number of ketones is 1. The van der Waals surface area contributed by atoms with E-state index in [1.807, 2.05) is 0 Å². The fraction of sp³-hybridized carbons (Fsp3) is 0.909. The van der Waals surface area contributed by atoms with Crippen LogP contribution in [-0.2, 0) is 19.1 Å². The summed E-state index contributed by atoms with van der Waals surface area (Å²) in [6.07, 6.45) is -0.640. The van der Waals surface area contributed by atoms with Crippen molar-refractivity contribution in [2.75, 3.05) is 6.61 Å². The predicted molar refractivity (Wildman–Crippen MR) is 100 cm³/mol. The monoisotopic (exact) mass is 408 g/mol. The molecule has 0 amide bonds. The number of hydrogen-bond donors (Lipinski definition) is 3. The molecule has 29 heavy (non-hydrogen) atoms. The normalized spacial score (nSPS) is 58.3. The number of Topliss-reactive ketones (excluding diaryl/α,β-unsaturated/α-hetero) is 1. The second-order valence-corrected chi connectivity index (χ2v) is 10.6. The fourth-order valence-corrected chi connectivity index (χ4v) is 8.57. The zero-order valence-corrected chi connectivity index (χ0v) is 17.3. The molecule has 4 aliphatic carbocycles. The van der Waals surface area contributed by atoms with E-state index in [2.05, 4.69) is 6.92 Å². The van der Waals surface area contributed by atoms with Crippen molar-refractivity contribution in [2.45, 2.75) is 77.5 Å². The number of carbonyl (C=O) groups is 2. The lowest BCUT2D eigenvalue weighted by atomic mass is 9.37. The van der Waals surface area contributed by atoms with Crippen molar-refractivity contribution in [1.29, 1.82) is 0 Å². The van der Waals surface area contributed by atoms with Crippen molar-refractivity contribution in [1.82, 2.24) is 0 Å². The van der Waals surface area contributed by atoms with Crippen LogP contribution in [0.3, 0.4) is 0 Å². The zero-order chi connectivity index (χ0) is 20.9. The predicted octanol–water partition coefficient (Wildman–Crippen LogP) is 1.03. The van der Waals surface area contributed by atoms with Crippen LogP contribution < -0.4 is 0 Å². The minimum absolute atomic E-state index is 0.0661. The Morgan fingerprint density at radius 3 is 2.62 bits per heavy atom. The van der Waals surface area contributed by atoms with Crippen LogP contribution in [0.5, 0.6) is 0 Å². The third-order valence-electron chi connectivity index (χ3n) is 9.55. The minimum Gasteiger partial charge on any atom is -0.462 e. The van der Waals surface area contributed by atoms with Gasteiger partial charge in [-0.25, -0.2) is 0 Å². The van der Waals surface area contributed by atoms with Crippen LogP contribution in [0.2, 0.25) is 0 Å². The highest BCUT2D eigenvalue weighted by atomic mass is 16.6. The highest BCUT2D eigenvalue weighted by molar-refractivity contribution is 5.92. The average Bonchev–Trinajstić information content (AvgIpc) is 2.76. The van der Waals surface area contributed by atoms with E-state index >= 15 is 0 Å². The van der Waals surface area contributed by atoms with Gasteiger partial charge in [-0.1, -0.05) is 20.3 Å². The standard InChI is InChI=1S/C22H32O7/c1-10-12-7-13(29-11(2)23)16-21-6-4-5-20(3,9-28-19(21)27)14(21)8-15(24)22(16,17(10)25)18(12)26/h10,12-16,18-19,24,26-27H,4-9H2,1-3H3/t10-,12+,13+,14-,15-,16+,18-,19+,20+,21+,22-/m1/s1. The Balaban J connectivity index is 1.75. The number of esters is 1. The average molecular weight is 408 g/mol. The molecule has 4 bridgehead atoms. The van der Waals surface area contributed by atoms with Crippen molar-refractivity contribution in [3.05, 3.63) is 0 Å². The maximum atomic E-state index is 13.6. The first-order valence-electron chi connectivity index (χ1n) is 11.0. The van der Waals surface area contributed by atoms with E-state index < -0.39 is 53.2 Å². The van der Waals surface area contributed by atoms with E-state index in [1.165, 1.54) is 6.92 Å². The smallest absolute Gasteiger partial charge is 0.302 e. The number of aliphatic hydroxyl groups excluding tert-OH is 3. The quantitative estimate of drug-likeness (QED) is 0.555. The summed E-state index contributed by atoms with van der Waals surface area (Å²) < 4.78 is 11.7. The van der Waals surface area contributed by atoms with Crippen LogP contribution in [-0.4, -0.2) is 58.3 Å². The molecule has 1 heterocycles. The second-order valence-electron chi connectivity index (χ2n) is 10.6. The molecule has 0 aromatic rings. The first-order chi connectivity index (χ1) is 13.6. The van der Waals surface area contributed by atoms with E-state index in [-0.39, 0.29) is 23.0 Å². The van der Waals surface area contributed by atoms with Crippen LogP contribution in [0.4, 0.5) is 0 Å². The molecule has 0 aromatic heterocycles. The molecule has 7 heteroatoms. The number of carbonyl (C=O) groups excluding carboxylic acids is 2. The van der Waals surface area contributed by atoms with Gasteiger partial charge in [0.15, 0.2) is 6.29 Å². The molecule has 0 aromatic carbocycles. The van der Waals surface area contributed by atoms with E-state index in [1.54, 1.807) is 6.92 Å². The summed E-state index contributed by atoms with van der Waals surface area (Å²) >= 11 is 0. The molecule has 5 aliphatic rings. The minimum atomic E-state index is -1.42. The molecular weight excluding hydrogens is 376 g/mol. The summed E-state index contributed by atoms with van der Waals surface area (Å²) in [7, 11) is 0. The van der Waals surface area contributed by atoms with Crippen LogP contribution in [0, 0.1) is 39.9 Å². The summed E-state index contributed by atoms with van der Waals surface area (Å²) in [5, 5.41) is 34.0. The van der Waals surface area contributed by atoms with Crippen molar-refractivity contribution in [3.63, 3.8) is 0 Å². The van der Waals surface area contributed by atoms with Gasteiger partial charge in [-0.05, 0) is 42.9 Å². The summed E-state index contributed by atoms with van der Waals surface area (Å²) in [4.78, 5) is 25.6. The topological polar surface area (TPSA) is 113 Å². The molecule has 0 unspecified atom stereocenters. The number of fused-ring (bicyclic) bond motifs is 1. The van der Waals surface area contributed by atoms with Gasteiger partial charge in [0.05, 0.1) is 24.2 Å². The molecule has 1 spiro atoms. The van der Waals surface area contributed by atoms with Crippen LogP contribution in [0.25, 0.3) is 0 Å². The van der Waals surface area contributed by atoms with Crippen molar-refractivity contribution in [3.8, 4) is 0 Å². The third-order valence-corrected chi connectivity index (χ3v) is 9.55. The lowest BCUT2D eigenvalue weighted by Gasteiger charge is -2.70. The molecular formula is C22H32O7. The molecule has 162 valence electrons. The molecule has 1 saturated heterocycles. The van der Waals surface area contributed by atoms with E-state index in [0.29, 0.717) is 25.9 Å². The maximum Gasteiger partial charge on any atom is 0.302 e. The van der Waals surface area contributed by atoms with Crippen molar-refractivity contribution >= 4 is 11.8 Å². The molecule has 5 rings (SSSR count). The van der Waals surface area contributed by atoms with E-state index in [0.717, 1.165) is 12.8 Å². The van der Waals surface area contributed by atoms with Crippen molar-refractivity contribution < 1.29 is 34.4 Å². The summed E-state index contributed by atoms with van der Waals surface area (Å²) in [6.45, 7) is 5.68. The second kappa shape index (κ2) is 6.02. The van der Waals surface area contributed by atoms with Gasteiger partial charge in [0.1, 0.15) is 11.9 Å². The number of rotatable bonds is 1. The lowest BCUT2D eigenvalue weighted by molar-refractivity contribution is -0.357. The van der Waals surface area contributed by atoms with Gasteiger partial charge in [0, 0.05) is 24.2 Å². The van der Waals surface area contributed by atoms with Gasteiger partial charge >= 0.3 is 5.97 Å². The first kappa shape index (κ1) is 19.9. The van der Waals surface area contributed by atoms with E-state index in [9.17, 15) is 24.9 Å². The van der Waals surface area contributed by atoms with Gasteiger partial charge in [-0.3, -0.25) is 9.59 Å². The zero-order valence-electron chi connectivity index (χ0n) is 17.3. The molecule has 11 atom stereocenters. The summed E-state index contributed by atoms with van der Waals surface area (Å²) in [6, 6.07) is 0. The molecule has 3 N–H and O–H groups in total. The van der Waals surface area contributed by atoms with Gasteiger partial charge in [0.25, 0.3) is 0 Å². The Kier molecular flexibility index (Phi) is 4.14. The summed E-state index contributed by atoms with van der Waals surface area (Å²) in [5.41, 5.74) is -2.47. The molecule has 7 nitrogen and oxygen atoms in total. The Labute approximate surface area is 170 Å². The number of aliphatic hydroxyl groups is 3. The molecule has 4 saturated carbocycles.